The molecule has 0 aliphatic carbocycles. The summed E-state index contributed by atoms with van der Waals surface area (Å²) < 4.78 is 0. The van der Waals surface area contributed by atoms with E-state index < -0.39 is 0 Å². The molecule has 0 spiro atoms. The van der Waals surface area contributed by atoms with Crippen molar-refractivity contribution in [3.8, 4) is 10.7 Å². The maximum atomic E-state index is 4.83. The molecule has 0 atom stereocenters. The fourth-order valence-electron chi connectivity index (χ4n) is 1.46. The molecule has 0 aliphatic rings. The SMILES string of the molecule is CC(C)c1cc(C#[C][Cu])cc(C(C)C)c1. The molecule has 0 saturated carbocycles. The van der Waals surface area contributed by atoms with Crippen LogP contribution in [0.3, 0.4) is 0 Å². The van der Waals surface area contributed by atoms with Gasteiger partial charge in [0.1, 0.15) is 0 Å². The van der Waals surface area contributed by atoms with Crippen LogP contribution in [0, 0.1) is 10.7 Å². The van der Waals surface area contributed by atoms with Gasteiger partial charge in [-0.15, -0.1) is 0 Å². The van der Waals surface area contributed by atoms with Crippen LogP contribution in [0.25, 0.3) is 0 Å². The zero-order chi connectivity index (χ0) is 11.4. The number of rotatable bonds is 2. The molecule has 0 N–H and O–H groups in total. The summed E-state index contributed by atoms with van der Waals surface area (Å²) in [5.74, 6) is 4.02. The van der Waals surface area contributed by atoms with Gasteiger partial charge in [0.05, 0.1) is 0 Å². The molecule has 0 aliphatic heterocycles. The molecule has 1 aromatic rings. The zero-order valence-electron chi connectivity index (χ0n) is 9.69. The number of hydrogen-bond donors (Lipinski definition) is 0. The van der Waals surface area contributed by atoms with Crippen LogP contribution in [0.2, 0.25) is 0 Å². The van der Waals surface area contributed by atoms with Gasteiger partial charge < -0.3 is 0 Å². The monoisotopic (exact) mass is 248 g/mol. The fourth-order valence-corrected chi connectivity index (χ4v) is 1.59. The summed E-state index contributed by atoms with van der Waals surface area (Å²) in [4.78, 5) is 2.53. The summed E-state index contributed by atoms with van der Waals surface area (Å²) in [6, 6.07) is 6.53. The van der Waals surface area contributed by atoms with Crippen molar-refractivity contribution >= 4 is 0 Å². The average molecular weight is 249 g/mol. The average Bonchev–Trinajstić information content (AvgIpc) is 2.17. The van der Waals surface area contributed by atoms with Gasteiger partial charge in [0.2, 0.25) is 0 Å². The fraction of sp³-hybridized carbons (Fsp3) is 0.429. The first-order valence-corrected chi connectivity index (χ1v) is 5.74. The Morgan fingerprint density at radius 1 is 0.933 bits per heavy atom. The first-order chi connectivity index (χ1) is 7.04. The van der Waals surface area contributed by atoms with E-state index in [0.29, 0.717) is 11.8 Å². The second-order valence-corrected chi connectivity index (χ2v) is 4.63. The Labute approximate surface area is 101 Å². The van der Waals surface area contributed by atoms with E-state index in [1.807, 2.05) is 0 Å². The predicted molar refractivity (Wildman–Crippen MR) is 61.5 cm³/mol. The van der Waals surface area contributed by atoms with Crippen LogP contribution in [-0.4, -0.2) is 0 Å². The van der Waals surface area contributed by atoms with Crippen molar-refractivity contribution in [2.45, 2.75) is 39.5 Å². The normalized spacial score (nSPS) is 10.4. The Balaban J connectivity index is 3.24. The van der Waals surface area contributed by atoms with Crippen molar-refractivity contribution in [2.24, 2.45) is 0 Å². The topological polar surface area (TPSA) is 0 Å². The standard InChI is InChI=1S/C14H17.Cu/c1-6-12-7-13(10(2)3)9-14(8-12)11(4)5;/h7-11H,2-5H3;. The molecule has 0 amide bonds. The van der Waals surface area contributed by atoms with Gasteiger partial charge in [-0.1, -0.05) is 0 Å². The molecule has 15 heavy (non-hydrogen) atoms. The van der Waals surface area contributed by atoms with Crippen molar-refractivity contribution in [3.05, 3.63) is 34.9 Å². The zero-order valence-corrected chi connectivity index (χ0v) is 10.6. The van der Waals surface area contributed by atoms with Crippen LogP contribution in [0.4, 0.5) is 0 Å². The van der Waals surface area contributed by atoms with E-state index in [0.717, 1.165) is 5.56 Å². The van der Waals surface area contributed by atoms with Crippen molar-refractivity contribution in [1.82, 2.24) is 0 Å². The van der Waals surface area contributed by atoms with E-state index in [1.54, 1.807) is 0 Å². The van der Waals surface area contributed by atoms with E-state index in [2.05, 4.69) is 56.6 Å². The van der Waals surface area contributed by atoms with Gasteiger partial charge in [-0.25, -0.2) is 0 Å². The summed E-state index contributed by atoms with van der Waals surface area (Å²) >= 11 is 4.83. The Morgan fingerprint density at radius 2 is 1.40 bits per heavy atom. The third-order valence-corrected chi connectivity index (χ3v) is 2.61. The summed E-state index contributed by atoms with van der Waals surface area (Å²) in [6.45, 7) is 8.79. The van der Waals surface area contributed by atoms with E-state index in [9.17, 15) is 0 Å². The van der Waals surface area contributed by atoms with E-state index in [4.69, 9.17) is 16.0 Å². The quantitative estimate of drug-likeness (QED) is 0.552. The molecule has 0 radical (unpaired) electrons. The number of benzene rings is 1. The van der Waals surface area contributed by atoms with Crippen molar-refractivity contribution in [1.29, 1.82) is 0 Å². The first kappa shape index (κ1) is 12.4. The molecule has 0 nitrogen and oxygen atoms in total. The molecule has 0 saturated heterocycles. The van der Waals surface area contributed by atoms with Gasteiger partial charge in [0.25, 0.3) is 0 Å². The van der Waals surface area contributed by atoms with Crippen molar-refractivity contribution in [2.75, 3.05) is 0 Å². The first-order valence-electron chi connectivity index (χ1n) is 5.27. The van der Waals surface area contributed by atoms with E-state index >= 15 is 0 Å². The van der Waals surface area contributed by atoms with Crippen molar-refractivity contribution < 1.29 is 16.0 Å². The molecule has 0 fully saturated rings. The Hall–Kier alpha value is -0.701. The predicted octanol–water partition coefficient (Wildman–Crippen LogP) is 3.79. The van der Waals surface area contributed by atoms with Crippen LogP contribution < -0.4 is 0 Å². The van der Waals surface area contributed by atoms with Gasteiger partial charge in [-0.2, -0.15) is 0 Å². The molecular weight excluding hydrogens is 232 g/mol. The van der Waals surface area contributed by atoms with Crippen LogP contribution in [0.5, 0.6) is 0 Å². The van der Waals surface area contributed by atoms with Gasteiger partial charge >= 0.3 is 101 Å². The van der Waals surface area contributed by atoms with Gasteiger partial charge in [-0.3, -0.25) is 0 Å². The summed E-state index contributed by atoms with van der Waals surface area (Å²) in [7, 11) is 0. The van der Waals surface area contributed by atoms with Crippen LogP contribution in [0.15, 0.2) is 18.2 Å². The molecule has 1 heteroatoms. The molecule has 0 heterocycles. The van der Waals surface area contributed by atoms with Gasteiger partial charge in [-0.05, 0) is 0 Å². The third kappa shape index (κ3) is 3.41. The molecule has 1 rings (SSSR count). The van der Waals surface area contributed by atoms with E-state index in [1.165, 1.54) is 11.1 Å². The second kappa shape index (κ2) is 5.40. The van der Waals surface area contributed by atoms with Gasteiger partial charge in [0, 0.05) is 0 Å². The number of hydrogen-bond acceptors (Lipinski definition) is 0. The third-order valence-electron chi connectivity index (χ3n) is 2.49. The minimum absolute atomic E-state index is 0.535. The second-order valence-electron chi connectivity index (χ2n) is 4.40. The minimum atomic E-state index is 0.535. The Bertz CT molecular complexity index is 365. The summed E-state index contributed by atoms with van der Waals surface area (Å²) in [6.07, 6.45) is 0. The van der Waals surface area contributed by atoms with E-state index in [-0.39, 0.29) is 0 Å². The molecule has 0 aromatic heterocycles. The molecule has 1 aromatic carbocycles. The maximum absolute atomic E-state index is 4.83. The van der Waals surface area contributed by atoms with Crippen LogP contribution in [0.1, 0.15) is 56.2 Å². The molecule has 0 unspecified atom stereocenters. The molecular formula is C14H17Cu. The Kier molecular flexibility index (Phi) is 4.45. The molecule has 84 valence electrons. The van der Waals surface area contributed by atoms with Crippen molar-refractivity contribution in [3.63, 3.8) is 0 Å². The molecule has 0 bridgehead atoms. The van der Waals surface area contributed by atoms with Crippen LogP contribution in [-0.2, 0) is 16.0 Å². The summed E-state index contributed by atoms with van der Waals surface area (Å²) in [5, 5.41) is 0. The Morgan fingerprint density at radius 3 is 1.73 bits per heavy atom. The summed E-state index contributed by atoms with van der Waals surface area (Å²) in [5.41, 5.74) is 3.71. The van der Waals surface area contributed by atoms with Crippen LogP contribution >= 0.6 is 0 Å². The van der Waals surface area contributed by atoms with Gasteiger partial charge in [0.15, 0.2) is 0 Å².